The molecule has 0 heterocycles. The number of allylic oxidation sites excluding steroid dienone is 4. The molecule has 0 amide bonds. The maximum atomic E-state index is 3.31. The van der Waals surface area contributed by atoms with Gasteiger partial charge in [0.2, 0.25) is 0 Å². The van der Waals surface area contributed by atoms with Crippen LogP contribution in [-0.2, 0) is 5.41 Å². The van der Waals surface area contributed by atoms with Gasteiger partial charge in [-0.1, -0.05) is 75.6 Å². The van der Waals surface area contributed by atoms with Crippen LogP contribution in [0.25, 0.3) is 5.57 Å². The van der Waals surface area contributed by atoms with Crippen LogP contribution in [0.2, 0.25) is 0 Å². The fourth-order valence-electron chi connectivity index (χ4n) is 5.33. The third-order valence-corrected chi connectivity index (χ3v) is 6.67. The summed E-state index contributed by atoms with van der Waals surface area (Å²) < 4.78 is 0. The monoisotopic (exact) mass is 330 g/mol. The van der Waals surface area contributed by atoms with Crippen molar-refractivity contribution in [2.45, 2.75) is 83.5 Å². The standard InChI is InChI=1S/C25H30/c1-3-16-25(17-6-5-7-18-25)21-12-8-19(9-13-21)23-14-10-20-11-15-24(20)22(23)4-2/h8-9,12-13H,3-7,10,14,16-18H2,1-2H3. The molecule has 0 N–H and O–H groups in total. The van der Waals surface area contributed by atoms with E-state index in [0.29, 0.717) is 5.41 Å². The normalized spacial score (nSPS) is 21.4. The van der Waals surface area contributed by atoms with Crippen LogP contribution in [0.15, 0.2) is 41.0 Å². The van der Waals surface area contributed by atoms with Crippen molar-refractivity contribution in [1.29, 1.82) is 0 Å². The van der Waals surface area contributed by atoms with Crippen LogP contribution in [0.1, 0.15) is 89.2 Å². The summed E-state index contributed by atoms with van der Waals surface area (Å²) >= 11 is 0. The molecule has 1 saturated carbocycles. The largest absolute Gasteiger partial charge is 0.0654 e. The van der Waals surface area contributed by atoms with Crippen LogP contribution >= 0.6 is 0 Å². The molecule has 3 aliphatic rings. The molecule has 0 nitrogen and oxygen atoms in total. The molecule has 0 aromatic heterocycles. The second kappa shape index (κ2) is 6.87. The summed E-state index contributed by atoms with van der Waals surface area (Å²) in [6, 6.07) is 9.72. The lowest BCUT2D eigenvalue weighted by atomic mass is 9.67. The molecule has 1 aromatic rings. The van der Waals surface area contributed by atoms with Gasteiger partial charge in [-0.2, -0.15) is 0 Å². The zero-order chi connectivity index (χ0) is 17.3. The van der Waals surface area contributed by atoms with Gasteiger partial charge in [-0.3, -0.25) is 0 Å². The van der Waals surface area contributed by atoms with Gasteiger partial charge in [-0.05, 0) is 66.2 Å². The second-order valence-electron chi connectivity index (χ2n) is 8.08. The Labute approximate surface area is 153 Å². The van der Waals surface area contributed by atoms with Crippen molar-refractivity contribution in [3.05, 3.63) is 52.1 Å². The van der Waals surface area contributed by atoms with E-state index in [1.807, 2.05) is 0 Å². The quantitative estimate of drug-likeness (QED) is 0.512. The van der Waals surface area contributed by atoms with Crippen molar-refractivity contribution in [3.8, 4) is 11.8 Å². The molecular formula is C25H30. The Morgan fingerprint density at radius 1 is 0.920 bits per heavy atom. The fourth-order valence-corrected chi connectivity index (χ4v) is 5.33. The third kappa shape index (κ3) is 2.89. The van der Waals surface area contributed by atoms with Crippen molar-refractivity contribution >= 4 is 5.57 Å². The van der Waals surface area contributed by atoms with Crippen molar-refractivity contribution in [1.82, 2.24) is 0 Å². The van der Waals surface area contributed by atoms with E-state index in [0.717, 1.165) is 19.3 Å². The lowest BCUT2D eigenvalue weighted by Gasteiger charge is -2.38. The van der Waals surface area contributed by atoms with E-state index >= 15 is 0 Å². The van der Waals surface area contributed by atoms with Crippen LogP contribution in [-0.4, -0.2) is 0 Å². The van der Waals surface area contributed by atoms with E-state index < -0.39 is 0 Å². The van der Waals surface area contributed by atoms with Gasteiger partial charge in [-0.25, -0.2) is 0 Å². The minimum atomic E-state index is 0.454. The molecule has 0 spiro atoms. The number of rotatable bonds is 5. The van der Waals surface area contributed by atoms with E-state index in [2.05, 4.69) is 50.0 Å². The average molecular weight is 331 g/mol. The van der Waals surface area contributed by atoms with Gasteiger partial charge in [0.15, 0.2) is 0 Å². The molecule has 130 valence electrons. The Kier molecular flexibility index (Phi) is 4.60. The summed E-state index contributed by atoms with van der Waals surface area (Å²) in [5.74, 6) is 6.56. The highest BCUT2D eigenvalue weighted by Crippen LogP contribution is 2.44. The predicted octanol–water partition coefficient (Wildman–Crippen LogP) is 6.96. The Morgan fingerprint density at radius 2 is 1.68 bits per heavy atom. The van der Waals surface area contributed by atoms with E-state index in [9.17, 15) is 0 Å². The second-order valence-corrected chi connectivity index (χ2v) is 8.08. The van der Waals surface area contributed by atoms with Crippen LogP contribution in [0, 0.1) is 11.8 Å². The first kappa shape index (κ1) is 16.7. The highest BCUT2D eigenvalue weighted by molar-refractivity contribution is 5.81. The Hall–Kier alpha value is -1.74. The Bertz CT molecular complexity index is 762. The van der Waals surface area contributed by atoms with E-state index in [1.165, 1.54) is 67.2 Å². The van der Waals surface area contributed by atoms with Gasteiger partial charge in [0.25, 0.3) is 0 Å². The van der Waals surface area contributed by atoms with E-state index in [1.54, 1.807) is 11.1 Å². The van der Waals surface area contributed by atoms with Crippen LogP contribution in [0.5, 0.6) is 0 Å². The molecule has 0 aliphatic heterocycles. The molecule has 1 fully saturated rings. The lowest BCUT2D eigenvalue weighted by molar-refractivity contribution is 0.271. The van der Waals surface area contributed by atoms with Gasteiger partial charge in [0.1, 0.15) is 0 Å². The van der Waals surface area contributed by atoms with E-state index in [4.69, 9.17) is 0 Å². The van der Waals surface area contributed by atoms with E-state index in [-0.39, 0.29) is 0 Å². The minimum absolute atomic E-state index is 0.454. The minimum Gasteiger partial charge on any atom is -0.0654 e. The molecule has 0 heteroatoms. The average Bonchev–Trinajstić information content (AvgIpc) is 2.63. The highest BCUT2D eigenvalue weighted by atomic mass is 14.4. The fraction of sp³-hybridized carbons (Fsp3) is 0.520. The summed E-state index contributed by atoms with van der Waals surface area (Å²) in [5.41, 5.74) is 9.31. The zero-order valence-electron chi connectivity index (χ0n) is 15.9. The summed E-state index contributed by atoms with van der Waals surface area (Å²) in [5, 5.41) is 0. The van der Waals surface area contributed by atoms with Crippen LogP contribution < -0.4 is 0 Å². The summed E-state index contributed by atoms with van der Waals surface area (Å²) in [7, 11) is 0. The first-order chi connectivity index (χ1) is 12.3. The molecule has 0 unspecified atom stereocenters. The van der Waals surface area contributed by atoms with Crippen LogP contribution in [0.3, 0.4) is 0 Å². The van der Waals surface area contributed by atoms with Crippen molar-refractivity contribution in [3.63, 3.8) is 0 Å². The maximum Gasteiger partial charge on any atom is 0.0399 e. The van der Waals surface area contributed by atoms with Crippen molar-refractivity contribution in [2.24, 2.45) is 0 Å². The van der Waals surface area contributed by atoms with Gasteiger partial charge in [0.05, 0.1) is 0 Å². The third-order valence-electron chi connectivity index (χ3n) is 6.67. The maximum absolute atomic E-state index is 3.31. The molecule has 3 aliphatic carbocycles. The van der Waals surface area contributed by atoms with Gasteiger partial charge in [-0.15, -0.1) is 0 Å². The summed E-state index contributed by atoms with van der Waals surface area (Å²) in [6.45, 7) is 4.62. The molecule has 0 radical (unpaired) electrons. The van der Waals surface area contributed by atoms with Gasteiger partial charge in [0, 0.05) is 11.1 Å². The molecule has 0 atom stereocenters. The lowest BCUT2D eigenvalue weighted by Crippen LogP contribution is -2.28. The van der Waals surface area contributed by atoms with Gasteiger partial charge < -0.3 is 0 Å². The molecule has 0 saturated heterocycles. The van der Waals surface area contributed by atoms with Crippen LogP contribution in [0.4, 0.5) is 0 Å². The first-order valence-electron chi connectivity index (χ1n) is 10.4. The van der Waals surface area contributed by atoms with Crippen molar-refractivity contribution in [2.75, 3.05) is 0 Å². The highest BCUT2D eigenvalue weighted by Gasteiger charge is 2.33. The predicted molar refractivity (Wildman–Crippen MR) is 107 cm³/mol. The molecule has 1 aromatic carbocycles. The number of hydrogen-bond acceptors (Lipinski definition) is 0. The molecule has 0 bridgehead atoms. The van der Waals surface area contributed by atoms with Crippen molar-refractivity contribution < 1.29 is 0 Å². The smallest absolute Gasteiger partial charge is 0.0399 e. The Balaban J connectivity index is 1.65. The Morgan fingerprint density at radius 3 is 2.28 bits per heavy atom. The topological polar surface area (TPSA) is 0 Å². The molecule has 25 heavy (non-hydrogen) atoms. The zero-order valence-corrected chi connectivity index (χ0v) is 15.9. The first-order valence-corrected chi connectivity index (χ1v) is 10.4. The summed E-state index contributed by atoms with van der Waals surface area (Å²) in [6.07, 6.45) is 13.1. The van der Waals surface area contributed by atoms with Gasteiger partial charge >= 0.3 is 0 Å². The molecule has 4 rings (SSSR count). The molecular weight excluding hydrogens is 300 g/mol. The number of benzene rings is 1. The SMILES string of the molecule is CCCC1(c2ccc(C3=C(CC)C4=C(C#C4)CC3)cc2)CCCCC1. The number of hydrogen-bond donors (Lipinski definition) is 0. The summed E-state index contributed by atoms with van der Waals surface area (Å²) in [4.78, 5) is 0.